The SMILES string of the molecule is Cc1c(/C=C(\C#N)C(=O)Nc2nccs2)c2ccccn2c1C(=O)c1ccc(F)cc1. The number of aromatic nitrogens is 2. The summed E-state index contributed by atoms with van der Waals surface area (Å²) in [6, 6.07) is 12.6. The lowest BCUT2D eigenvalue weighted by atomic mass is 10.0. The van der Waals surface area contributed by atoms with E-state index in [0.717, 1.165) is 0 Å². The monoisotopic (exact) mass is 430 g/mol. The summed E-state index contributed by atoms with van der Waals surface area (Å²) in [5, 5.41) is 14.3. The Bertz CT molecular complexity index is 1360. The van der Waals surface area contributed by atoms with Gasteiger partial charge < -0.3 is 4.40 Å². The average molecular weight is 430 g/mol. The molecular formula is C23H15FN4O2S. The molecule has 3 heterocycles. The Balaban J connectivity index is 1.82. The van der Waals surface area contributed by atoms with Crippen LogP contribution < -0.4 is 5.32 Å². The van der Waals surface area contributed by atoms with Crippen LogP contribution >= 0.6 is 11.3 Å². The van der Waals surface area contributed by atoms with Crippen LogP contribution in [0, 0.1) is 24.1 Å². The fourth-order valence-corrected chi connectivity index (χ4v) is 3.82. The summed E-state index contributed by atoms with van der Waals surface area (Å²) in [4.78, 5) is 29.7. The van der Waals surface area contributed by atoms with Crippen molar-refractivity contribution >= 4 is 39.8 Å². The van der Waals surface area contributed by atoms with Gasteiger partial charge in [-0.05, 0) is 55.0 Å². The van der Waals surface area contributed by atoms with E-state index >= 15 is 0 Å². The Morgan fingerprint density at radius 2 is 2.00 bits per heavy atom. The molecule has 0 bridgehead atoms. The van der Waals surface area contributed by atoms with E-state index in [4.69, 9.17) is 0 Å². The number of amides is 1. The highest BCUT2D eigenvalue weighted by atomic mass is 32.1. The molecule has 0 aliphatic heterocycles. The van der Waals surface area contributed by atoms with Crippen LogP contribution in [0.2, 0.25) is 0 Å². The predicted octanol–water partition coefficient (Wildman–Crippen LogP) is 4.62. The number of carbonyl (C=O) groups excluding carboxylic acids is 2. The van der Waals surface area contributed by atoms with E-state index in [9.17, 15) is 19.2 Å². The first kappa shape index (κ1) is 20.2. The number of nitriles is 1. The van der Waals surface area contributed by atoms with Crippen molar-refractivity contribution in [2.45, 2.75) is 6.92 Å². The van der Waals surface area contributed by atoms with Crippen LogP contribution in [0.5, 0.6) is 0 Å². The van der Waals surface area contributed by atoms with Crippen molar-refractivity contribution in [3.05, 3.63) is 94.0 Å². The first-order chi connectivity index (χ1) is 15.0. The van der Waals surface area contributed by atoms with Crippen molar-refractivity contribution in [3.8, 4) is 6.07 Å². The molecule has 4 rings (SSSR count). The number of hydrogen-bond acceptors (Lipinski definition) is 5. The van der Waals surface area contributed by atoms with Gasteiger partial charge in [-0.15, -0.1) is 11.3 Å². The third-order valence-electron chi connectivity index (χ3n) is 4.76. The van der Waals surface area contributed by atoms with E-state index < -0.39 is 11.7 Å². The van der Waals surface area contributed by atoms with Gasteiger partial charge in [-0.1, -0.05) is 6.07 Å². The smallest absolute Gasteiger partial charge is 0.268 e. The molecule has 0 fully saturated rings. The van der Waals surface area contributed by atoms with Crippen molar-refractivity contribution in [1.29, 1.82) is 5.26 Å². The van der Waals surface area contributed by atoms with Crippen LogP contribution in [0.15, 0.2) is 65.8 Å². The van der Waals surface area contributed by atoms with Crippen molar-refractivity contribution in [2.75, 3.05) is 5.32 Å². The fraction of sp³-hybridized carbons (Fsp3) is 0.0435. The summed E-state index contributed by atoms with van der Waals surface area (Å²) in [6.45, 7) is 1.75. The molecule has 8 heteroatoms. The number of thiazole rings is 1. The van der Waals surface area contributed by atoms with Gasteiger partial charge in [-0.25, -0.2) is 9.37 Å². The van der Waals surface area contributed by atoms with Gasteiger partial charge in [0.1, 0.15) is 17.5 Å². The molecule has 6 nitrogen and oxygen atoms in total. The second-order valence-electron chi connectivity index (χ2n) is 6.64. The summed E-state index contributed by atoms with van der Waals surface area (Å²) in [7, 11) is 0. The highest BCUT2D eigenvalue weighted by Gasteiger charge is 2.22. The molecule has 0 unspecified atom stereocenters. The van der Waals surface area contributed by atoms with E-state index in [2.05, 4.69) is 10.3 Å². The number of hydrogen-bond donors (Lipinski definition) is 1. The molecule has 0 aliphatic carbocycles. The molecule has 31 heavy (non-hydrogen) atoms. The fourth-order valence-electron chi connectivity index (χ4n) is 3.30. The molecule has 0 saturated heterocycles. The summed E-state index contributed by atoms with van der Waals surface area (Å²) in [5.41, 5.74) is 2.46. The molecule has 4 aromatic rings. The van der Waals surface area contributed by atoms with Crippen LogP contribution in [-0.4, -0.2) is 21.1 Å². The quantitative estimate of drug-likeness (QED) is 0.284. The van der Waals surface area contributed by atoms with Crippen LogP contribution in [0.1, 0.15) is 27.2 Å². The lowest BCUT2D eigenvalue weighted by Crippen LogP contribution is -2.13. The molecule has 0 atom stereocenters. The Kier molecular flexibility index (Phi) is 5.43. The summed E-state index contributed by atoms with van der Waals surface area (Å²) in [5.74, 6) is -1.30. The average Bonchev–Trinajstić information content (AvgIpc) is 3.37. The molecule has 0 radical (unpaired) electrons. The van der Waals surface area contributed by atoms with Crippen molar-refractivity contribution < 1.29 is 14.0 Å². The van der Waals surface area contributed by atoms with E-state index in [1.54, 1.807) is 47.3 Å². The molecule has 1 aromatic carbocycles. The van der Waals surface area contributed by atoms with Crippen LogP contribution in [0.3, 0.4) is 0 Å². The Labute approximate surface area is 180 Å². The van der Waals surface area contributed by atoms with Crippen molar-refractivity contribution in [3.63, 3.8) is 0 Å². The third kappa shape index (κ3) is 3.86. The highest BCUT2D eigenvalue weighted by Crippen LogP contribution is 2.28. The third-order valence-corrected chi connectivity index (χ3v) is 5.45. The Morgan fingerprint density at radius 1 is 1.23 bits per heavy atom. The zero-order valence-corrected chi connectivity index (χ0v) is 17.1. The lowest BCUT2D eigenvalue weighted by molar-refractivity contribution is -0.112. The number of nitrogens with one attached hydrogen (secondary N) is 1. The maximum absolute atomic E-state index is 13.3. The van der Waals surface area contributed by atoms with Gasteiger partial charge in [0.05, 0.1) is 11.2 Å². The van der Waals surface area contributed by atoms with E-state index in [-0.39, 0.29) is 11.4 Å². The molecule has 0 aliphatic rings. The summed E-state index contributed by atoms with van der Waals surface area (Å²) >= 11 is 1.24. The van der Waals surface area contributed by atoms with E-state index in [1.165, 1.54) is 41.7 Å². The topological polar surface area (TPSA) is 87.3 Å². The number of rotatable bonds is 5. The van der Waals surface area contributed by atoms with Crippen molar-refractivity contribution in [2.24, 2.45) is 0 Å². The minimum absolute atomic E-state index is 0.115. The summed E-state index contributed by atoms with van der Waals surface area (Å²) < 4.78 is 15.0. The van der Waals surface area contributed by atoms with Gasteiger partial charge in [0.25, 0.3) is 5.91 Å². The number of carbonyl (C=O) groups is 2. The number of halogens is 1. The second kappa shape index (κ2) is 8.34. The largest absolute Gasteiger partial charge is 0.313 e. The number of pyridine rings is 1. The van der Waals surface area contributed by atoms with Crippen LogP contribution in [0.4, 0.5) is 9.52 Å². The second-order valence-corrected chi connectivity index (χ2v) is 7.53. The number of nitrogens with zero attached hydrogens (tertiary/aromatic N) is 3. The van der Waals surface area contributed by atoms with Crippen LogP contribution in [0.25, 0.3) is 11.6 Å². The molecule has 1 N–H and O–H groups in total. The van der Waals surface area contributed by atoms with E-state index in [1.807, 2.05) is 6.07 Å². The molecule has 0 saturated carbocycles. The normalized spacial score (nSPS) is 11.3. The Morgan fingerprint density at radius 3 is 2.68 bits per heavy atom. The standard InChI is InChI=1S/C23H15FN4O2S/c1-14-18(12-16(13-25)22(30)27-23-26-9-11-31-23)19-4-2-3-10-28(19)20(14)21(29)15-5-7-17(24)8-6-15/h2-12H,1H3,(H,26,27,30)/b16-12+. The minimum atomic E-state index is -0.585. The first-order valence-corrected chi connectivity index (χ1v) is 10.1. The van der Waals surface area contributed by atoms with Crippen LogP contribution in [-0.2, 0) is 4.79 Å². The molecule has 1 amide bonds. The maximum atomic E-state index is 13.3. The van der Waals surface area contributed by atoms with Gasteiger partial charge in [-0.2, -0.15) is 5.26 Å². The van der Waals surface area contributed by atoms with Gasteiger partial charge in [0.15, 0.2) is 5.13 Å². The number of ketones is 1. The van der Waals surface area contributed by atoms with Crippen molar-refractivity contribution in [1.82, 2.24) is 9.38 Å². The van der Waals surface area contributed by atoms with Gasteiger partial charge in [-0.3, -0.25) is 14.9 Å². The highest BCUT2D eigenvalue weighted by molar-refractivity contribution is 7.13. The predicted molar refractivity (Wildman–Crippen MR) is 116 cm³/mol. The Hall–Kier alpha value is -4.09. The number of anilines is 1. The number of benzene rings is 1. The molecule has 152 valence electrons. The summed E-state index contributed by atoms with van der Waals surface area (Å²) in [6.07, 6.45) is 4.75. The zero-order chi connectivity index (χ0) is 22.0. The van der Waals surface area contributed by atoms with Gasteiger partial charge >= 0.3 is 0 Å². The first-order valence-electron chi connectivity index (χ1n) is 9.22. The minimum Gasteiger partial charge on any atom is -0.313 e. The van der Waals surface area contributed by atoms with Gasteiger partial charge in [0.2, 0.25) is 5.78 Å². The zero-order valence-electron chi connectivity index (χ0n) is 16.3. The number of fused-ring (bicyclic) bond motifs is 1. The molecular weight excluding hydrogens is 415 g/mol. The van der Waals surface area contributed by atoms with E-state index in [0.29, 0.717) is 33.0 Å². The lowest BCUT2D eigenvalue weighted by Gasteiger charge is -2.04. The van der Waals surface area contributed by atoms with Gasteiger partial charge in [0, 0.05) is 28.9 Å². The maximum Gasteiger partial charge on any atom is 0.268 e. The molecule has 0 spiro atoms. The molecule has 3 aromatic heterocycles.